The molecule has 2 rings (SSSR count). The summed E-state index contributed by atoms with van der Waals surface area (Å²) >= 11 is 0. The quantitative estimate of drug-likeness (QED) is 0.471. The molecule has 0 spiro atoms. The largest absolute Gasteiger partial charge is 0.393 e. The van der Waals surface area contributed by atoms with Crippen LogP contribution in [0, 0.1) is 0 Å². The fourth-order valence-electron chi connectivity index (χ4n) is 1.70. The van der Waals surface area contributed by atoms with Crippen molar-refractivity contribution < 1.29 is 19.0 Å². The Hall–Kier alpha value is -0.125. The molecule has 2 heterocycles. The average molecular weight is 160 g/mol. The predicted molar refractivity (Wildman–Crippen MR) is 37.9 cm³/mol. The number of hydrogen-bond donors (Lipinski definition) is 1. The Labute approximate surface area is 64.9 Å². The van der Waals surface area contributed by atoms with Crippen LogP contribution < -0.4 is 0 Å². The van der Waals surface area contributed by atoms with Gasteiger partial charge in [0.25, 0.3) is 0 Å². The number of alkyl halides is 1. The molecule has 0 bridgehead atoms. The van der Waals surface area contributed by atoms with Gasteiger partial charge >= 0.3 is 0 Å². The maximum Gasteiger partial charge on any atom is 0.147 e. The van der Waals surface area contributed by atoms with Gasteiger partial charge in [-0.1, -0.05) is 0 Å². The van der Waals surface area contributed by atoms with Gasteiger partial charge in [0.05, 0.1) is 19.2 Å². The van der Waals surface area contributed by atoms with Gasteiger partial charge < -0.3 is 14.6 Å². The number of rotatable bonds is 1. The van der Waals surface area contributed by atoms with Gasteiger partial charge in [-0.25, -0.2) is 4.39 Å². The molecule has 0 radical (unpaired) electrons. The molecule has 5 heteroatoms. The lowest BCUT2D eigenvalue weighted by atomic mass is 9.87. The van der Waals surface area contributed by atoms with Crippen molar-refractivity contribution in [2.45, 2.75) is 23.9 Å². The van der Waals surface area contributed by atoms with Gasteiger partial charge in [-0.15, -0.1) is 0 Å². The normalized spacial score (nSPS) is 55.3. The summed E-state index contributed by atoms with van der Waals surface area (Å²) in [7, 11) is 1.66. The molecule has 2 aliphatic rings. The number of aliphatic hydroxyl groups is 1. The second-order valence-corrected chi connectivity index (χ2v) is 3.22. The third-order valence-corrected chi connectivity index (χ3v) is 2.45. The molecule has 1 N–H and O–H groups in total. The minimum absolute atomic E-state index is 0.150. The second-order valence-electron chi connectivity index (χ2n) is 3.22. The van der Waals surface area contributed by atoms with Crippen LogP contribution in [0.1, 0.15) is 0 Å². The number of fused-ring (bicyclic) bond motifs is 1. The van der Waals surface area contributed by atoms with Gasteiger partial charge in [0.2, 0.25) is 0 Å². The van der Waals surface area contributed by atoms with Crippen LogP contribution >= 0.6 is 0 Å². The zero-order valence-electron chi connectivity index (χ0n) is 6.29. The summed E-state index contributed by atoms with van der Waals surface area (Å²) in [6, 6.07) is -0.449. The molecule has 2 aliphatic heterocycles. The van der Waals surface area contributed by atoms with E-state index in [4.69, 9.17) is 14.6 Å². The lowest BCUT2D eigenvalue weighted by Crippen LogP contribution is -2.60. The standard InChI is InChI=1S/C6H10BFO3/c7-5-3(8)4-6(1-9,11-5)2-10-4/h3-5,9H,1-2,7H2/t3?,4?,5-,6+/m1/s1. The van der Waals surface area contributed by atoms with E-state index >= 15 is 0 Å². The summed E-state index contributed by atoms with van der Waals surface area (Å²) < 4.78 is 23.3. The molecule has 0 aromatic heterocycles. The third kappa shape index (κ3) is 0.788. The van der Waals surface area contributed by atoms with Crippen LogP contribution in [0.5, 0.6) is 0 Å². The fraction of sp³-hybridized carbons (Fsp3) is 1.00. The third-order valence-electron chi connectivity index (χ3n) is 2.45. The molecule has 3 nitrogen and oxygen atoms in total. The zero-order valence-corrected chi connectivity index (χ0v) is 6.29. The Kier molecular flexibility index (Phi) is 1.49. The molecule has 4 atom stereocenters. The van der Waals surface area contributed by atoms with Crippen molar-refractivity contribution in [1.82, 2.24) is 0 Å². The van der Waals surface area contributed by atoms with E-state index in [1.807, 2.05) is 0 Å². The topological polar surface area (TPSA) is 38.7 Å². The number of hydrogen-bond acceptors (Lipinski definition) is 3. The SMILES string of the molecule is B[C@@H]1O[C@@]2(CO)COC2C1F. The van der Waals surface area contributed by atoms with E-state index in [0.717, 1.165) is 0 Å². The van der Waals surface area contributed by atoms with Crippen molar-refractivity contribution in [3.05, 3.63) is 0 Å². The number of aliphatic hydroxyl groups excluding tert-OH is 1. The van der Waals surface area contributed by atoms with Crippen LogP contribution in [0.25, 0.3) is 0 Å². The maximum absolute atomic E-state index is 13.1. The van der Waals surface area contributed by atoms with Gasteiger partial charge in [-0.2, -0.15) is 0 Å². The van der Waals surface area contributed by atoms with Crippen molar-refractivity contribution in [3.63, 3.8) is 0 Å². The monoisotopic (exact) mass is 160 g/mol. The fourth-order valence-corrected chi connectivity index (χ4v) is 1.70. The van der Waals surface area contributed by atoms with Gasteiger partial charge in [-0.3, -0.25) is 0 Å². The van der Waals surface area contributed by atoms with Crippen molar-refractivity contribution in [2.75, 3.05) is 13.2 Å². The van der Waals surface area contributed by atoms with E-state index in [9.17, 15) is 4.39 Å². The first-order valence-electron chi connectivity index (χ1n) is 3.74. The van der Waals surface area contributed by atoms with E-state index in [1.54, 1.807) is 7.85 Å². The molecule has 0 aromatic carbocycles. The molecule has 2 saturated heterocycles. The minimum Gasteiger partial charge on any atom is -0.393 e. The van der Waals surface area contributed by atoms with Crippen molar-refractivity contribution in [2.24, 2.45) is 0 Å². The van der Waals surface area contributed by atoms with Crippen LogP contribution in [0.15, 0.2) is 0 Å². The Bertz CT molecular complexity index is 175. The Morgan fingerprint density at radius 1 is 1.73 bits per heavy atom. The molecule has 0 saturated carbocycles. The van der Waals surface area contributed by atoms with E-state index in [2.05, 4.69) is 0 Å². The first kappa shape index (κ1) is 7.52. The summed E-state index contributed by atoms with van der Waals surface area (Å²) in [6.45, 7) is 0.168. The first-order chi connectivity index (χ1) is 5.19. The summed E-state index contributed by atoms with van der Waals surface area (Å²) in [4.78, 5) is 0. The van der Waals surface area contributed by atoms with E-state index in [0.29, 0.717) is 6.61 Å². The highest BCUT2D eigenvalue weighted by atomic mass is 19.1. The Morgan fingerprint density at radius 2 is 2.45 bits per heavy atom. The smallest absolute Gasteiger partial charge is 0.147 e. The van der Waals surface area contributed by atoms with Gasteiger partial charge in [0, 0.05) is 0 Å². The summed E-state index contributed by atoms with van der Waals surface area (Å²) in [5.41, 5.74) is -0.723. The lowest BCUT2D eigenvalue weighted by Gasteiger charge is -2.41. The Morgan fingerprint density at radius 3 is 2.73 bits per heavy atom. The van der Waals surface area contributed by atoms with Crippen LogP contribution in [-0.2, 0) is 9.47 Å². The Balaban J connectivity index is 2.16. The van der Waals surface area contributed by atoms with Crippen LogP contribution in [0.3, 0.4) is 0 Å². The molecule has 0 aliphatic carbocycles. The first-order valence-corrected chi connectivity index (χ1v) is 3.74. The van der Waals surface area contributed by atoms with Crippen LogP contribution in [0.2, 0.25) is 0 Å². The average Bonchev–Trinajstić information content (AvgIpc) is 2.10. The molecule has 11 heavy (non-hydrogen) atoms. The van der Waals surface area contributed by atoms with Crippen LogP contribution in [0.4, 0.5) is 4.39 Å². The van der Waals surface area contributed by atoms with Gasteiger partial charge in [0.15, 0.2) is 0 Å². The number of halogens is 1. The van der Waals surface area contributed by atoms with Crippen molar-refractivity contribution in [3.8, 4) is 0 Å². The highest BCUT2D eigenvalue weighted by Gasteiger charge is 2.61. The molecule has 0 amide bonds. The summed E-state index contributed by atoms with van der Waals surface area (Å²) in [5.74, 6) is 0. The van der Waals surface area contributed by atoms with Gasteiger partial charge in [-0.05, 0) is 0 Å². The van der Waals surface area contributed by atoms with Crippen molar-refractivity contribution in [1.29, 1.82) is 0 Å². The van der Waals surface area contributed by atoms with Crippen LogP contribution in [-0.4, -0.2) is 50.0 Å². The predicted octanol–water partition coefficient (Wildman–Crippen LogP) is -1.56. The molecule has 2 fully saturated rings. The number of ether oxygens (including phenoxy) is 2. The zero-order chi connectivity index (χ0) is 8.06. The lowest BCUT2D eigenvalue weighted by molar-refractivity contribution is -0.236. The highest BCUT2D eigenvalue weighted by Crippen LogP contribution is 2.41. The minimum atomic E-state index is -1.09. The van der Waals surface area contributed by atoms with Crippen molar-refractivity contribution >= 4 is 7.85 Å². The second kappa shape index (κ2) is 2.18. The molecular formula is C6H10BFO3. The van der Waals surface area contributed by atoms with Gasteiger partial charge in [0.1, 0.15) is 25.7 Å². The summed E-state index contributed by atoms with van der Waals surface area (Å²) in [6.07, 6.45) is -1.63. The molecule has 2 unspecified atom stereocenters. The molecule has 62 valence electrons. The van der Waals surface area contributed by atoms with E-state index in [-0.39, 0.29) is 6.61 Å². The maximum atomic E-state index is 13.1. The molecule has 0 aromatic rings. The molecular weight excluding hydrogens is 150 g/mol. The van der Waals surface area contributed by atoms with E-state index < -0.39 is 23.9 Å². The van der Waals surface area contributed by atoms with E-state index in [1.165, 1.54) is 0 Å². The highest BCUT2D eigenvalue weighted by molar-refractivity contribution is 6.11. The summed E-state index contributed by atoms with van der Waals surface area (Å²) in [5, 5.41) is 8.91.